The maximum atomic E-state index is 13.2. The summed E-state index contributed by atoms with van der Waals surface area (Å²) < 4.78 is 36.2. The van der Waals surface area contributed by atoms with Crippen molar-refractivity contribution in [2.75, 3.05) is 6.61 Å². The average Bonchev–Trinajstić information content (AvgIpc) is 3.00. The molecule has 7 nitrogen and oxygen atoms in total. The molecule has 4 aromatic rings. The van der Waals surface area contributed by atoms with E-state index in [1.165, 1.54) is 12.1 Å². The summed E-state index contributed by atoms with van der Waals surface area (Å²) in [6.45, 7) is 2.85. The fraction of sp³-hybridized carbons (Fsp3) is 0.176. The molecule has 0 amide bonds. The Bertz CT molecular complexity index is 1640. The van der Waals surface area contributed by atoms with Gasteiger partial charge in [0.15, 0.2) is 0 Å². The second-order valence-corrected chi connectivity index (χ2v) is 9.70. The van der Waals surface area contributed by atoms with Crippen LogP contribution in [0.15, 0.2) is 102 Å². The van der Waals surface area contributed by atoms with E-state index >= 15 is 0 Å². The molecule has 2 N–H and O–H groups in total. The summed E-state index contributed by atoms with van der Waals surface area (Å²) in [5, 5.41) is 9.91. The smallest absolute Gasteiger partial charge is 0.347 e. The zero-order valence-electron chi connectivity index (χ0n) is 23.0. The van der Waals surface area contributed by atoms with Crippen LogP contribution in [0.1, 0.15) is 52.7 Å². The van der Waals surface area contributed by atoms with Gasteiger partial charge in [-0.2, -0.15) is 5.26 Å². The van der Waals surface area contributed by atoms with Crippen molar-refractivity contribution in [2.24, 2.45) is 5.73 Å². The zero-order chi connectivity index (χ0) is 29.5. The van der Waals surface area contributed by atoms with Crippen molar-refractivity contribution in [2.45, 2.75) is 32.3 Å². The Morgan fingerprint density at radius 3 is 2.45 bits per heavy atom. The molecule has 0 fully saturated rings. The molecule has 1 atom stereocenters. The third kappa shape index (κ3) is 6.37. The Morgan fingerprint density at radius 2 is 1.71 bits per heavy atom. The van der Waals surface area contributed by atoms with Crippen LogP contribution in [0.3, 0.4) is 0 Å². The first-order valence-corrected chi connectivity index (χ1v) is 13.6. The minimum Gasteiger partial charge on any atom is -0.493 e. The number of nitrogens with two attached hydrogens (primary N) is 1. The van der Waals surface area contributed by atoms with E-state index in [0.717, 1.165) is 24.0 Å². The molecule has 1 unspecified atom stereocenters. The van der Waals surface area contributed by atoms with Gasteiger partial charge in [-0.3, -0.25) is 0 Å². The Labute approximate surface area is 243 Å². The topological polar surface area (TPSA) is 104 Å². The number of nitrogens with zero attached hydrogens (tertiary/aromatic N) is 1. The number of fused-ring (bicyclic) bond motifs is 1. The molecule has 1 aliphatic heterocycles. The monoisotopic (exact) mass is 564 g/mol. The summed E-state index contributed by atoms with van der Waals surface area (Å²) in [4.78, 5) is 13.0. The molecule has 0 spiro atoms. The third-order valence-corrected chi connectivity index (χ3v) is 6.80. The molecule has 1 heterocycles. The highest BCUT2D eigenvalue weighted by Crippen LogP contribution is 2.43. The molecule has 0 aliphatic carbocycles. The van der Waals surface area contributed by atoms with Gasteiger partial charge in [0.05, 0.1) is 12.5 Å². The van der Waals surface area contributed by atoms with Gasteiger partial charge < -0.3 is 24.7 Å². The number of ether oxygens (including phenoxy) is 4. The van der Waals surface area contributed by atoms with Gasteiger partial charge in [-0.05, 0) is 60.0 Å². The van der Waals surface area contributed by atoms with Crippen molar-refractivity contribution in [3.63, 3.8) is 0 Å². The summed E-state index contributed by atoms with van der Waals surface area (Å²) in [6, 6.07) is 27.5. The van der Waals surface area contributed by atoms with E-state index in [2.05, 4.69) is 13.0 Å². The number of para-hydroxylation sites is 1. The first-order chi connectivity index (χ1) is 20.5. The number of esters is 1. The third-order valence-electron chi connectivity index (χ3n) is 6.80. The number of allylic oxidation sites excluding steroid dienone is 1. The second kappa shape index (κ2) is 12.9. The van der Waals surface area contributed by atoms with Gasteiger partial charge >= 0.3 is 5.97 Å². The standard InChI is InChI=1S/C34H29FN2O5/c1-2-3-18-39-30-7-5-4-6-28(30)34(38)41-26-16-17-27-31(19-26)42-33(37)29(20-36)32(27)23-10-14-25(15-11-23)40-21-22-8-12-24(35)13-9-22/h4-17,19,32H,2-3,18,21,37H2,1H3. The molecule has 4 aromatic carbocycles. The van der Waals surface area contributed by atoms with E-state index in [1.54, 1.807) is 66.7 Å². The van der Waals surface area contributed by atoms with Crippen LogP contribution in [0.25, 0.3) is 0 Å². The molecule has 0 aromatic heterocycles. The number of carbonyl (C=O) groups excluding carboxylic acids is 1. The summed E-state index contributed by atoms with van der Waals surface area (Å²) in [5.74, 6) is 0.334. The normalized spacial score (nSPS) is 13.9. The Hall–Kier alpha value is -5.29. The van der Waals surface area contributed by atoms with Crippen molar-refractivity contribution in [1.29, 1.82) is 5.26 Å². The molecule has 42 heavy (non-hydrogen) atoms. The number of rotatable bonds is 10. The number of unbranched alkanes of at least 4 members (excludes halogenated alkanes) is 1. The molecule has 8 heteroatoms. The van der Waals surface area contributed by atoms with Gasteiger partial charge in [-0.25, -0.2) is 9.18 Å². The fourth-order valence-corrected chi connectivity index (χ4v) is 4.60. The zero-order valence-corrected chi connectivity index (χ0v) is 23.0. The van der Waals surface area contributed by atoms with Crippen LogP contribution in [0.5, 0.6) is 23.0 Å². The molecule has 5 rings (SSSR count). The molecule has 0 saturated heterocycles. The minimum atomic E-state index is -0.563. The Balaban J connectivity index is 1.35. The van der Waals surface area contributed by atoms with E-state index in [1.807, 2.05) is 12.1 Å². The molecule has 1 aliphatic rings. The maximum absolute atomic E-state index is 13.2. The van der Waals surface area contributed by atoms with Crippen LogP contribution < -0.4 is 24.7 Å². The van der Waals surface area contributed by atoms with E-state index < -0.39 is 11.9 Å². The van der Waals surface area contributed by atoms with Crippen LogP contribution in [0.2, 0.25) is 0 Å². The van der Waals surface area contributed by atoms with E-state index in [-0.39, 0.29) is 29.6 Å². The van der Waals surface area contributed by atoms with Crippen LogP contribution in [-0.4, -0.2) is 12.6 Å². The highest BCUT2D eigenvalue weighted by molar-refractivity contribution is 5.94. The number of carbonyl (C=O) groups is 1. The highest BCUT2D eigenvalue weighted by atomic mass is 19.1. The van der Waals surface area contributed by atoms with Crippen molar-refractivity contribution in [1.82, 2.24) is 0 Å². The SMILES string of the molecule is CCCCOc1ccccc1C(=O)Oc1ccc2c(c1)OC(N)=C(C#N)C2c1ccc(OCc2ccc(F)cc2)cc1. The van der Waals surface area contributed by atoms with Crippen LogP contribution in [-0.2, 0) is 6.61 Å². The van der Waals surface area contributed by atoms with E-state index in [4.69, 9.17) is 24.7 Å². The van der Waals surface area contributed by atoms with E-state index in [0.29, 0.717) is 35.0 Å². The maximum Gasteiger partial charge on any atom is 0.347 e. The lowest BCUT2D eigenvalue weighted by molar-refractivity contribution is 0.0730. The van der Waals surface area contributed by atoms with Gasteiger partial charge in [0.25, 0.3) is 0 Å². The van der Waals surface area contributed by atoms with Gasteiger partial charge in [0, 0.05) is 11.6 Å². The van der Waals surface area contributed by atoms with Crippen LogP contribution in [0.4, 0.5) is 4.39 Å². The summed E-state index contributed by atoms with van der Waals surface area (Å²) in [7, 11) is 0. The van der Waals surface area contributed by atoms with Crippen molar-refractivity contribution in [3.05, 3.63) is 131 Å². The van der Waals surface area contributed by atoms with Gasteiger partial charge in [-0.1, -0.05) is 55.8 Å². The number of hydrogen-bond acceptors (Lipinski definition) is 7. The van der Waals surface area contributed by atoms with Crippen molar-refractivity contribution < 1.29 is 28.1 Å². The largest absolute Gasteiger partial charge is 0.493 e. The first kappa shape index (κ1) is 28.2. The molecule has 0 saturated carbocycles. The van der Waals surface area contributed by atoms with Gasteiger partial charge in [0.2, 0.25) is 5.88 Å². The molecule has 212 valence electrons. The Morgan fingerprint density at radius 1 is 0.976 bits per heavy atom. The van der Waals surface area contributed by atoms with E-state index in [9.17, 15) is 14.4 Å². The molecular formula is C34H29FN2O5. The highest BCUT2D eigenvalue weighted by Gasteiger charge is 2.31. The minimum absolute atomic E-state index is 0.0233. The predicted octanol–water partition coefficient (Wildman–Crippen LogP) is 7.02. The lowest BCUT2D eigenvalue weighted by Crippen LogP contribution is -2.21. The number of nitriles is 1. The summed E-state index contributed by atoms with van der Waals surface area (Å²) in [5.41, 5.74) is 9.09. The lowest BCUT2D eigenvalue weighted by Gasteiger charge is -2.27. The number of halogens is 1. The number of hydrogen-bond donors (Lipinski definition) is 1. The van der Waals surface area contributed by atoms with Crippen LogP contribution >= 0.6 is 0 Å². The van der Waals surface area contributed by atoms with Crippen molar-refractivity contribution in [3.8, 4) is 29.1 Å². The summed E-state index contributed by atoms with van der Waals surface area (Å²) in [6.07, 6.45) is 1.85. The van der Waals surface area contributed by atoms with Crippen LogP contribution in [0, 0.1) is 17.1 Å². The molecular weight excluding hydrogens is 535 g/mol. The van der Waals surface area contributed by atoms with Gasteiger partial charge in [-0.15, -0.1) is 0 Å². The lowest BCUT2D eigenvalue weighted by atomic mass is 9.83. The fourth-order valence-electron chi connectivity index (χ4n) is 4.60. The first-order valence-electron chi connectivity index (χ1n) is 13.6. The summed E-state index contributed by atoms with van der Waals surface area (Å²) >= 11 is 0. The Kier molecular flexibility index (Phi) is 8.69. The second-order valence-electron chi connectivity index (χ2n) is 9.70. The van der Waals surface area contributed by atoms with Gasteiger partial charge in [0.1, 0.15) is 52.6 Å². The molecule has 0 radical (unpaired) electrons. The predicted molar refractivity (Wildman–Crippen MR) is 155 cm³/mol. The van der Waals surface area contributed by atoms with Crippen molar-refractivity contribution >= 4 is 5.97 Å². The molecule has 0 bridgehead atoms. The average molecular weight is 565 g/mol. The number of benzene rings is 4. The quantitative estimate of drug-likeness (QED) is 0.125.